The number of hydrogen-bond acceptors (Lipinski definition) is 3. The van der Waals surface area contributed by atoms with Gasteiger partial charge < -0.3 is 15.6 Å². The zero-order chi connectivity index (χ0) is 10.7. The Bertz CT molecular complexity index is 333. The van der Waals surface area contributed by atoms with Crippen LogP contribution in [0.2, 0.25) is 5.02 Å². The van der Waals surface area contributed by atoms with Gasteiger partial charge >= 0.3 is 0 Å². The number of ether oxygens (including phenoxy) is 1. The molecule has 1 unspecified atom stereocenters. The molecule has 1 aromatic carbocycles. The summed E-state index contributed by atoms with van der Waals surface area (Å²) in [5.74, 6) is -0.346. The van der Waals surface area contributed by atoms with Crippen molar-refractivity contribution in [1.29, 1.82) is 0 Å². The fourth-order valence-electron chi connectivity index (χ4n) is 1.11. The summed E-state index contributed by atoms with van der Waals surface area (Å²) in [6.07, 6.45) is -0.900. The van der Waals surface area contributed by atoms with Crippen molar-refractivity contribution >= 4 is 11.6 Å². The first kappa shape index (κ1) is 11.2. The highest BCUT2D eigenvalue weighted by atomic mass is 35.5. The van der Waals surface area contributed by atoms with Gasteiger partial charge in [0.05, 0.1) is 18.2 Å². The van der Waals surface area contributed by atoms with Gasteiger partial charge in [-0.2, -0.15) is 0 Å². The van der Waals surface area contributed by atoms with Crippen LogP contribution in [0.1, 0.15) is 11.7 Å². The average Bonchev–Trinajstić information content (AvgIpc) is 2.20. The van der Waals surface area contributed by atoms with E-state index in [1.807, 2.05) is 0 Å². The quantitative estimate of drug-likeness (QED) is 0.810. The zero-order valence-electron chi connectivity index (χ0n) is 7.63. The van der Waals surface area contributed by atoms with Crippen LogP contribution in [0.25, 0.3) is 0 Å². The van der Waals surface area contributed by atoms with Gasteiger partial charge in [0.2, 0.25) is 0 Å². The van der Waals surface area contributed by atoms with Gasteiger partial charge in [-0.05, 0) is 6.07 Å². The van der Waals surface area contributed by atoms with Crippen LogP contribution >= 0.6 is 11.6 Å². The first-order valence-electron chi connectivity index (χ1n) is 4.01. The van der Waals surface area contributed by atoms with Gasteiger partial charge in [0, 0.05) is 18.2 Å². The van der Waals surface area contributed by atoms with Crippen molar-refractivity contribution in [3.8, 4) is 5.75 Å². The lowest BCUT2D eigenvalue weighted by Crippen LogP contribution is -2.12. The topological polar surface area (TPSA) is 55.5 Å². The molecule has 0 saturated heterocycles. The average molecular weight is 220 g/mol. The second kappa shape index (κ2) is 4.59. The predicted octanol–water partition coefficient (Wildman–Crippen LogP) is 1.48. The molecule has 5 heteroatoms. The van der Waals surface area contributed by atoms with E-state index in [-0.39, 0.29) is 17.3 Å². The van der Waals surface area contributed by atoms with E-state index in [0.717, 1.165) is 6.07 Å². The summed E-state index contributed by atoms with van der Waals surface area (Å²) in [6.45, 7) is 0.0261. The van der Waals surface area contributed by atoms with Crippen molar-refractivity contribution in [2.75, 3.05) is 13.7 Å². The first-order chi connectivity index (χ1) is 6.60. The maximum atomic E-state index is 13.0. The molecule has 1 aromatic rings. The Kier molecular flexibility index (Phi) is 3.69. The van der Waals surface area contributed by atoms with E-state index in [4.69, 9.17) is 22.1 Å². The van der Waals surface area contributed by atoms with E-state index in [1.165, 1.54) is 13.2 Å². The van der Waals surface area contributed by atoms with E-state index in [1.54, 1.807) is 0 Å². The molecule has 1 atom stereocenters. The zero-order valence-corrected chi connectivity index (χ0v) is 8.38. The lowest BCUT2D eigenvalue weighted by Gasteiger charge is -2.13. The molecular weight excluding hydrogens is 209 g/mol. The van der Waals surface area contributed by atoms with Crippen LogP contribution in [0, 0.1) is 5.82 Å². The molecule has 1 rings (SSSR count). The van der Waals surface area contributed by atoms with Crippen LogP contribution in [-0.4, -0.2) is 18.8 Å². The highest BCUT2D eigenvalue weighted by Crippen LogP contribution is 2.30. The molecule has 0 aliphatic carbocycles. The minimum absolute atomic E-state index is 0.0261. The molecule has 0 fully saturated rings. The Morgan fingerprint density at radius 2 is 2.29 bits per heavy atom. The van der Waals surface area contributed by atoms with Crippen LogP contribution in [0.5, 0.6) is 5.75 Å². The van der Waals surface area contributed by atoms with Crippen molar-refractivity contribution in [3.63, 3.8) is 0 Å². The molecular formula is C9H11ClFNO2. The monoisotopic (exact) mass is 219 g/mol. The van der Waals surface area contributed by atoms with Crippen molar-refractivity contribution in [2.24, 2.45) is 5.73 Å². The molecule has 14 heavy (non-hydrogen) atoms. The molecule has 0 aliphatic heterocycles. The molecule has 0 saturated carbocycles. The summed E-state index contributed by atoms with van der Waals surface area (Å²) < 4.78 is 17.9. The van der Waals surface area contributed by atoms with Crippen LogP contribution < -0.4 is 10.5 Å². The van der Waals surface area contributed by atoms with Crippen molar-refractivity contribution < 1.29 is 14.2 Å². The van der Waals surface area contributed by atoms with E-state index in [2.05, 4.69) is 0 Å². The maximum Gasteiger partial charge on any atom is 0.145 e. The Morgan fingerprint density at radius 1 is 1.64 bits per heavy atom. The van der Waals surface area contributed by atoms with Gasteiger partial charge in [0.15, 0.2) is 0 Å². The van der Waals surface area contributed by atoms with Gasteiger partial charge in [0.1, 0.15) is 11.6 Å². The molecule has 0 bridgehead atoms. The highest BCUT2D eigenvalue weighted by Gasteiger charge is 2.14. The molecule has 3 N–H and O–H groups in total. The standard InChI is InChI=1S/C9H11ClFNO2/c1-14-9-3-7(11)6(10)2-5(9)8(13)4-12/h2-3,8,13H,4,12H2,1H3. The van der Waals surface area contributed by atoms with Gasteiger partial charge in [-0.15, -0.1) is 0 Å². The van der Waals surface area contributed by atoms with Crippen molar-refractivity contribution in [1.82, 2.24) is 0 Å². The van der Waals surface area contributed by atoms with Crippen LogP contribution in [0.15, 0.2) is 12.1 Å². The summed E-state index contributed by atoms with van der Waals surface area (Å²) in [6, 6.07) is 2.43. The highest BCUT2D eigenvalue weighted by molar-refractivity contribution is 6.30. The fourth-order valence-corrected chi connectivity index (χ4v) is 1.28. The summed E-state index contributed by atoms with van der Waals surface area (Å²) in [7, 11) is 1.38. The molecule has 0 spiro atoms. The van der Waals surface area contributed by atoms with E-state index >= 15 is 0 Å². The number of benzene rings is 1. The smallest absolute Gasteiger partial charge is 0.145 e. The SMILES string of the molecule is COc1cc(F)c(Cl)cc1C(O)CN. The number of nitrogens with two attached hydrogens (primary N) is 1. The Labute approximate surface area is 86.2 Å². The van der Waals surface area contributed by atoms with Crippen LogP contribution in [0.4, 0.5) is 4.39 Å². The third-order valence-corrected chi connectivity index (χ3v) is 2.14. The van der Waals surface area contributed by atoms with E-state index < -0.39 is 11.9 Å². The van der Waals surface area contributed by atoms with Gasteiger partial charge in [0.25, 0.3) is 0 Å². The van der Waals surface area contributed by atoms with E-state index in [9.17, 15) is 9.50 Å². The fraction of sp³-hybridized carbons (Fsp3) is 0.333. The van der Waals surface area contributed by atoms with Crippen molar-refractivity contribution in [3.05, 3.63) is 28.5 Å². The molecule has 0 radical (unpaired) electrons. The summed E-state index contributed by atoms with van der Waals surface area (Å²) in [4.78, 5) is 0. The van der Waals surface area contributed by atoms with Crippen molar-refractivity contribution in [2.45, 2.75) is 6.10 Å². The van der Waals surface area contributed by atoms with E-state index in [0.29, 0.717) is 5.56 Å². The molecule has 0 aromatic heterocycles. The second-order valence-electron chi connectivity index (χ2n) is 2.76. The molecule has 3 nitrogen and oxygen atoms in total. The Balaban J connectivity index is 3.19. The summed E-state index contributed by atoms with van der Waals surface area (Å²) in [5.41, 5.74) is 5.66. The number of rotatable bonds is 3. The number of aliphatic hydroxyl groups excluding tert-OH is 1. The minimum atomic E-state index is -0.900. The Hall–Kier alpha value is -0.840. The third-order valence-electron chi connectivity index (χ3n) is 1.85. The lowest BCUT2D eigenvalue weighted by atomic mass is 10.1. The number of methoxy groups -OCH3 is 1. The molecule has 78 valence electrons. The number of hydrogen-bond donors (Lipinski definition) is 2. The number of halogens is 2. The predicted molar refractivity (Wildman–Crippen MR) is 52.0 cm³/mol. The van der Waals surface area contributed by atoms with Crippen LogP contribution in [-0.2, 0) is 0 Å². The van der Waals surface area contributed by atoms with Crippen LogP contribution in [0.3, 0.4) is 0 Å². The summed E-state index contributed by atoms with van der Waals surface area (Å²) in [5, 5.41) is 9.41. The first-order valence-corrected chi connectivity index (χ1v) is 4.39. The van der Waals surface area contributed by atoms with Gasteiger partial charge in [-0.25, -0.2) is 4.39 Å². The number of aliphatic hydroxyl groups is 1. The van der Waals surface area contributed by atoms with Gasteiger partial charge in [-0.1, -0.05) is 11.6 Å². The maximum absolute atomic E-state index is 13.0. The molecule has 0 heterocycles. The normalized spacial score (nSPS) is 12.6. The molecule has 0 aliphatic rings. The minimum Gasteiger partial charge on any atom is -0.496 e. The largest absolute Gasteiger partial charge is 0.496 e. The van der Waals surface area contributed by atoms with Gasteiger partial charge in [-0.3, -0.25) is 0 Å². The molecule has 0 amide bonds. The summed E-state index contributed by atoms with van der Waals surface area (Å²) >= 11 is 5.56. The second-order valence-corrected chi connectivity index (χ2v) is 3.17. The third kappa shape index (κ3) is 2.15. The lowest BCUT2D eigenvalue weighted by molar-refractivity contribution is 0.182. The Morgan fingerprint density at radius 3 is 2.79 bits per heavy atom.